The van der Waals surface area contributed by atoms with E-state index >= 15 is 0 Å². The predicted molar refractivity (Wildman–Crippen MR) is 56.2 cm³/mol. The van der Waals surface area contributed by atoms with Crippen LogP contribution >= 0.6 is 0 Å². The summed E-state index contributed by atoms with van der Waals surface area (Å²) in [6, 6.07) is 0.776. The molecule has 0 radical (unpaired) electrons. The van der Waals surface area contributed by atoms with E-state index in [1.165, 1.54) is 12.8 Å². The molecule has 1 aliphatic carbocycles. The van der Waals surface area contributed by atoms with Gasteiger partial charge in [-0.1, -0.05) is 13.8 Å². The van der Waals surface area contributed by atoms with E-state index in [1.807, 2.05) is 0 Å². The lowest BCUT2D eigenvalue weighted by molar-refractivity contribution is 0.167. The number of hydrogen-bond acceptors (Lipinski definition) is 2. The second-order valence-corrected chi connectivity index (χ2v) is 4.95. The first-order valence-corrected chi connectivity index (χ1v) is 5.25. The summed E-state index contributed by atoms with van der Waals surface area (Å²) >= 11 is 0. The highest BCUT2D eigenvalue weighted by molar-refractivity contribution is 5.78. The van der Waals surface area contributed by atoms with Crippen molar-refractivity contribution in [1.82, 2.24) is 5.32 Å². The lowest BCUT2D eigenvalue weighted by Gasteiger charge is -2.21. The van der Waals surface area contributed by atoms with E-state index in [-0.39, 0.29) is 11.5 Å². The SMILES string of the molecule is CC1(C)COCC1N=C(N)NC1CC1. The van der Waals surface area contributed by atoms with Crippen LogP contribution in [-0.2, 0) is 4.74 Å². The van der Waals surface area contributed by atoms with Gasteiger partial charge in [0.15, 0.2) is 5.96 Å². The fourth-order valence-corrected chi connectivity index (χ4v) is 1.61. The van der Waals surface area contributed by atoms with Crippen molar-refractivity contribution in [1.29, 1.82) is 0 Å². The molecule has 1 unspecified atom stereocenters. The van der Waals surface area contributed by atoms with E-state index < -0.39 is 0 Å². The quantitative estimate of drug-likeness (QED) is 0.500. The van der Waals surface area contributed by atoms with Crippen molar-refractivity contribution >= 4 is 5.96 Å². The Balaban J connectivity index is 1.93. The highest BCUT2D eigenvalue weighted by atomic mass is 16.5. The fraction of sp³-hybridized carbons (Fsp3) is 0.900. The second kappa shape index (κ2) is 3.42. The summed E-state index contributed by atoms with van der Waals surface area (Å²) in [5.41, 5.74) is 5.92. The van der Waals surface area contributed by atoms with Crippen molar-refractivity contribution in [3.05, 3.63) is 0 Å². The molecular formula is C10H19N3O. The number of aliphatic imine (C=N–C) groups is 1. The Kier molecular flexibility index (Phi) is 2.39. The summed E-state index contributed by atoms with van der Waals surface area (Å²) in [5.74, 6) is 0.580. The van der Waals surface area contributed by atoms with Gasteiger partial charge in [0.25, 0.3) is 0 Å². The summed E-state index contributed by atoms with van der Waals surface area (Å²) in [6.07, 6.45) is 2.45. The van der Waals surface area contributed by atoms with Gasteiger partial charge in [-0.25, -0.2) is 4.99 Å². The molecule has 4 nitrogen and oxygen atoms in total. The van der Waals surface area contributed by atoms with Gasteiger partial charge in [0.1, 0.15) is 0 Å². The average Bonchev–Trinajstić information content (AvgIpc) is 2.80. The Morgan fingerprint density at radius 2 is 2.21 bits per heavy atom. The predicted octanol–water partition coefficient (Wildman–Crippen LogP) is 0.478. The molecule has 0 aromatic heterocycles. The Hall–Kier alpha value is -0.770. The van der Waals surface area contributed by atoms with E-state index in [0.29, 0.717) is 18.6 Å². The van der Waals surface area contributed by atoms with E-state index in [0.717, 1.165) is 6.61 Å². The van der Waals surface area contributed by atoms with Crippen LogP contribution < -0.4 is 11.1 Å². The van der Waals surface area contributed by atoms with Crippen LogP contribution in [0.25, 0.3) is 0 Å². The number of nitrogens with zero attached hydrogens (tertiary/aromatic N) is 1. The molecule has 4 heteroatoms. The zero-order chi connectivity index (χ0) is 10.2. The normalized spacial score (nSPS) is 31.9. The largest absolute Gasteiger partial charge is 0.379 e. The molecule has 2 rings (SSSR count). The Bertz CT molecular complexity index is 246. The third kappa shape index (κ3) is 2.18. The fourth-order valence-electron chi connectivity index (χ4n) is 1.61. The molecule has 0 aromatic carbocycles. The highest BCUT2D eigenvalue weighted by Crippen LogP contribution is 2.29. The standard InChI is InChI=1S/C10H19N3O/c1-10(2)6-14-5-8(10)13-9(11)12-7-3-4-7/h7-8H,3-6H2,1-2H3,(H3,11,12,13). The summed E-state index contributed by atoms with van der Waals surface area (Å²) in [7, 11) is 0. The number of nitrogens with one attached hydrogen (secondary N) is 1. The van der Waals surface area contributed by atoms with Gasteiger partial charge in [-0.3, -0.25) is 0 Å². The molecule has 2 aliphatic rings. The summed E-state index contributed by atoms with van der Waals surface area (Å²) in [5, 5.41) is 3.19. The molecule has 1 aliphatic heterocycles. The van der Waals surface area contributed by atoms with Crippen LogP contribution in [0.1, 0.15) is 26.7 Å². The van der Waals surface area contributed by atoms with Gasteiger partial charge in [0.2, 0.25) is 0 Å². The van der Waals surface area contributed by atoms with Crippen molar-refractivity contribution in [2.45, 2.75) is 38.8 Å². The van der Waals surface area contributed by atoms with Gasteiger partial charge in [0, 0.05) is 11.5 Å². The summed E-state index contributed by atoms with van der Waals surface area (Å²) in [6.45, 7) is 5.80. The lowest BCUT2D eigenvalue weighted by Crippen LogP contribution is -2.37. The molecule has 14 heavy (non-hydrogen) atoms. The van der Waals surface area contributed by atoms with Gasteiger partial charge in [-0.2, -0.15) is 0 Å². The summed E-state index contributed by atoms with van der Waals surface area (Å²) in [4.78, 5) is 4.47. The van der Waals surface area contributed by atoms with E-state index in [4.69, 9.17) is 10.5 Å². The molecule has 2 fully saturated rings. The number of rotatable bonds is 2. The van der Waals surface area contributed by atoms with E-state index in [2.05, 4.69) is 24.2 Å². The first-order chi connectivity index (χ1) is 6.58. The van der Waals surface area contributed by atoms with Crippen molar-refractivity contribution < 1.29 is 4.74 Å². The van der Waals surface area contributed by atoms with Crippen molar-refractivity contribution in [3.63, 3.8) is 0 Å². The molecule has 1 saturated carbocycles. The zero-order valence-electron chi connectivity index (χ0n) is 8.92. The van der Waals surface area contributed by atoms with Crippen molar-refractivity contribution in [3.8, 4) is 0 Å². The minimum Gasteiger partial charge on any atom is -0.379 e. The number of ether oxygens (including phenoxy) is 1. The average molecular weight is 197 g/mol. The Morgan fingerprint density at radius 1 is 1.50 bits per heavy atom. The maximum Gasteiger partial charge on any atom is 0.189 e. The van der Waals surface area contributed by atoms with E-state index in [9.17, 15) is 0 Å². The van der Waals surface area contributed by atoms with Crippen LogP contribution in [0.2, 0.25) is 0 Å². The van der Waals surface area contributed by atoms with Crippen molar-refractivity contribution in [2.24, 2.45) is 16.1 Å². The van der Waals surface area contributed by atoms with Gasteiger partial charge < -0.3 is 15.8 Å². The second-order valence-electron chi connectivity index (χ2n) is 4.95. The molecule has 1 saturated heterocycles. The van der Waals surface area contributed by atoms with Crippen molar-refractivity contribution in [2.75, 3.05) is 13.2 Å². The van der Waals surface area contributed by atoms with Gasteiger partial charge in [-0.15, -0.1) is 0 Å². The van der Waals surface area contributed by atoms with Crippen LogP contribution in [0, 0.1) is 5.41 Å². The smallest absolute Gasteiger partial charge is 0.189 e. The Labute approximate surface area is 84.9 Å². The zero-order valence-corrected chi connectivity index (χ0v) is 8.92. The molecule has 0 bridgehead atoms. The molecular weight excluding hydrogens is 178 g/mol. The number of hydrogen-bond donors (Lipinski definition) is 2. The number of nitrogens with two attached hydrogens (primary N) is 1. The van der Waals surface area contributed by atoms with Crippen LogP contribution in [0.5, 0.6) is 0 Å². The highest BCUT2D eigenvalue weighted by Gasteiger charge is 2.36. The number of guanidine groups is 1. The maximum absolute atomic E-state index is 5.80. The molecule has 0 amide bonds. The van der Waals surface area contributed by atoms with Gasteiger partial charge in [0.05, 0.1) is 19.3 Å². The molecule has 1 heterocycles. The minimum absolute atomic E-state index is 0.121. The van der Waals surface area contributed by atoms with Crippen LogP contribution in [0.15, 0.2) is 4.99 Å². The first-order valence-electron chi connectivity index (χ1n) is 5.25. The Morgan fingerprint density at radius 3 is 2.71 bits per heavy atom. The molecule has 0 aromatic rings. The molecule has 80 valence electrons. The third-order valence-electron chi connectivity index (χ3n) is 2.88. The molecule has 1 atom stereocenters. The monoisotopic (exact) mass is 197 g/mol. The minimum atomic E-state index is 0.121. The maximum atomic E-state index is 5.80. The molecule has 0 spiro atoms. The van der Waals surface area contributed by atoms with Crippen LogP contribution in [0.3, 0.4) is 0 Å². The first kappa shape index (κ1) is 9.77. The topological polar surface area (TPSA) is 59.6 Å². The van der Waals surface area contributed by atoms with E-state index in [1.54, 1.807) is 0 Å². The summed E-state index contributed by atoms with van der Waals surface area (Å²) < 4.78 is 5.40. The van der Waals surface area contributed by atoms with Crippen LogP contribution in [-0.4, -0.2) is 31.3 Å². The lowest BCUT2D eigenvalue weighted by atomic mass is 9.88. The third-order valence-corrected chi connectivity index (χ3v) is 2.88. The van der Waals surface area contributed by atoms with Gasteiger partial charge >= 0.3 is 0 Å². The van der Waals surface area contributed by atoms with Gasteiger partial charge in [-0.05, 0) is 12.8 Å². The molecule has 3 N–H and O–H groups in total. The van der Waals surface area contributed by atoms with Crippen LogP contribution in [0.4, 0.5) is 0 Å².